The molecule has 0 unspecified atom stereocenters. The number of aromatic nitrogens is 1. The SMILES string of the molecule is [CH]1CCCN(Cc2cccc3[nH]ccc23)C1. The average Bonchev–Trinajstić information content (AvgIpc) is 2.80. The molecule has 0 spiro atoms. The van der Waals surface area contributed by atoms with Gasteiger partial charge in [-0.3, -0.25) is 4.90 Å². The average molecular weight is 213 g/mol. The lowest BCUT2D eigenvalue weighted by Crippen LogP contribution is -2.29. The van der Waals surface area contributed by atoms with Crippen LogP contribution in [0.4, 0.5) is 0 Å². The number of nitrogens with zero attached hydrogens (tertiary/aromatic N) is 1. The zero-order valence-electron chi connectivity index (χ0n) is 9.45. The maximum Gasteiger partial charge on any atom is 0.0457 e. The Morgan fingerprint density at radius 3 is 3.12 bits per heavy atom. The van der Waals surface area contributed by atoms with Crippen LogP contribution in [-0.4, -0.2) is 23.0 Å². The molecular formula is C14H17N2. The van der Waals surface area contributed by atoms with Gasteiger partial charge < -0.3 is 4.98 Å². The van der Waals surface area contributed by atoms with Crippen molar-refractivity contribution in [1.82, 2.24) is 9.88 Å². The standard InChI is InChI=1S/C14H17N2/c1-2-9-16(10-3-1)11-12-5-4-6-14-13(12)7-8-15-14/h2,4-8,15H,1,3,9-11H2. The summed E-state index contributed by atoms with van der Waals surface area (Å²) in [6, 6.07) is 8.70. The number of piperidine rings is 1. The number of nitrogens with one attached hydrogen (secondary N) is 1. The molecule has 0 atom stereocenters. The zero-order valence-corrected chi connectivity index (χ0v) is 9.45. The summed E-state index contributed by atoms with van der Waals surface area (Å²) < 4.78 is 0. The van der Waals surface area contributed by atoms with Crippen molar-refractivity contribution in [2.45, 2.75) is 19.4 Å². The van der Waals surface area contributed by atoms with E-state index in [4.69, 9.17) is 0 Å². The number of hydrogen-bond acceptors (Lipinski definition) is 1. The molecule has 0 bridgehead atoms. The van der Waals surface area contributed by atoms with E-state index in [0.717, 1.165) is 13.1 Å². The van der Waals surface area contributed by atoms with Crippen molar-refractivity contribution in [1.29, 1.82) is 0 Å². The summed E-state index contributed by atoms with van der Waals surface area (Å²) in [6.07, 6.45) is 7.01. The lowest BCUT2D eigenvalue weighted by Gasteiger charge is -2.26. The van der Waals surface area contributed by atoms with Crippen LogP contribution in [-0.2, 0) is 6.54 Å². The molecule has 2 nitrogen and oxygen atoms in total. The number of benzene rings is 1. The van der Waals surface area contributed by atoms with E-state index < -0.39 is 0 Å². The van der Waals surface area contributed by atoms with Crippen LogP contribution in [0, 0.1) is 6.42 Å². The monoisotopic (exact) mass is 213 g/mol. The number of hydrogen-bond donors (Lipinski definition) is 1. The molecular weight excluding hydrogens is 196 g/mol. The first-order chi connectivity index (χ1) is 7.93. The van der Waals surface area contributed by atoms with Gasteiger partial charge in [-0.25, -0.2) is 0 Å². The van der Waals surface area contributed by atoms with Gasteiger partial charge in [-0.15, -0.1) is 0 Å². The minimum Gasteiger partial charge on any atom is -0.361 e. The largest absolute Gasteiger partial charge is 0.361 e. The lowest BCUT2D eigenvalue weighted by molar-refractivity contribution is 0.255. The van der Waals surface area contributed by atoms with E-state index in [1.807, 2.05) is 6.20 Å². The summed E-state index contributed by atoms with van der Waals surface area (Å²) in [6.45, 7) is 3.45. The van der Waals surface area contributed by atoms with Gasteiger partial charge in [-0.1, -0.05) is 12.1 Å². The van der Waals surface area contributed by atoms with Crippen LogP contribution in [0.15, 0.2) is 30.5 Å². The van der Waals surface area contributed by atoms with E-state index >= 15 is 0 Å². The van der Waals surface area contributed by atoms with Crippen LogP contribution in [0.3, 0.4) is 0 Å². The molecule has 1 saturated heterocycles. The molecule has 2 heteroatoms. The molecule has 16 heavy (non-hydrogen) atoms. The summed E-state index contributed by atoms with van der Waals surface area (Å²) in [5, 5.41) is 1.37. The molecule has 2 aromatic rings. The topological polar surface area (TPSA) is 19.0 Å². The Balaban J connectivity index is 1.85. The first-order valence-electron chi connectivity index (χ1n) is 6.02. The fourth-order valence-electron chi connectivity index (χ4n) is 2.50. The van der Waals surface area contributed by atoms with E-state index in [0.29, 0.717) is 0 Å². The van der Waals surface area contributed by atoms with Gasteiger partial charge in [-0.05, 0) is 43.5 Å². The maximum atomic E-state index is 3.27. The molecule has 1 radical (unpaired) electrons. The highest BCUT2D eigenvalue weighted by Gasteiger charge is 2.11. The molecule has 1 aromatic heterocycles. The highest BCUT2D eigenvalue weighted by Crippen LogP contribution is 2.20. The molecule has 1 N–H and O–H groups in total. The second kappa shape index (κ2) is 4.30. The van der Waals surface area contributed by atoms with Gasteiger partial charge in [0.2, 0.25) is 0 Å². The molecule has 83 valence electrons. The van der Waals surface area contributed by atoms with Crippen LogP contribution >= 0.6 is 0 Å². The van der Waals surface area contributed by atoms with Gasteiger partial charge >= 0.3 is 0 Å². The molecule has 2 heterocycles. The lowest BCUT2D eigenvalue weighted by atomic mass is 10.1. The van der Waals surface area contributed by atoms with Gasteiger partial charge in [0.15, 0.2) is 0 Å². The van der Waals surface area contributed by atoms with Gasteiger partial charge in [-0.2, -0.15) is 0 Å². The van der Waals surface area contributed by atoms with Crippen molar-refractivity contribution in [2.75, 3.05) is 13.1 Å². The van der Waals surface area contributed by atoms with Crippen molar-refractivity contribution in [2.24, 2.45) is 0 Å². The van der Waals surface area contributed by atoms with Crippen LogP contribution in [0.25, 0.3) is 10.9 Å². The highest BCUT2D eigenvalue weighted by atomic mass is 15.1. The Kier molecular flexibility index (Phi) is 2.66. The first kappa shape index (κ1) is 9.91. The fourth-order valence-corrected chi connectivity index (χ4v) is 2.50. The van der Waals surface area contributed by atoms with E-state index in [1.165, 1.54) is 35.9 Å². The van der Waals surface area contributed by atoms with E-state index in [2.05, 4.69) is 40.6 Å². The van der Waals surface area contributed by atoms with Crippen molar-refractivity contribution in [3.8, 4) is 0 Å². The Bertz CT molecular complexity index is 466. The molecule has 3 rings (SSSR count). The van der Waals surface area contributed by atoms with E-state index in [1.54, 1.807) is 0 Å². The Morgan fingerprint density at radius 1 is 1.25 bits per heavy atom. The Labute approximate surface area is 96.3 Å². The third-order valence-corrected chi connectivity index (χ3v) is 3.35. The predicted molar refractivity (Wildman–Crippen MR) is 67.1 cm³/mol. The second-order valence-corrected chi connectivity index (χ2v) is 4.52. The molecule has 1 fully saturated rings. The zero-order chi connectivity index (χ0) is 10.8. The molecule has 1 aliphatic rings. The number of H-pyrrole nitrogens is 1. The summed E-state index contributed by atoms with van der Waals surface area (Å²) in [7, 11) is 0. The minimum atomic E-state index is 1.08. The van der Waals surface area contributed by atoms with Gasteiger partial charge in [0, 0.05) is 30.2 Å². The molecule has 0 aliphatic carbocycles. The summed E-state index contributed by atoms with van der Waals surface area (Å²) in [4.78, 5) is 5.79. The molecule has 1 aliphatic heterocycles. The summed E-state index contributed by atoms with van der Waals surface area (Å²) >= 11 is 0. The molecule has 1 aromatic carbocycles. The van der Waals surface area contributed by atoms with Gasteiger partial charge in [0.25, 0.3) is 0 Å². The van der Waals surface area contributed by atoms with Crippen LogP contribution in [0.2, 0.25) is 0 Å². The number of fused-ring (bicyclic) bond motifs is 1. The highest BCUT2D eigenvalue weighted by molar-refractivity contribution is 5.82. The normalized spacial score (nSPS) is 18.0. The van der Waals surface area contributed by atoms with Crippen molar-refractivity contribution >= 4 is 10.9 Å². The predicted octanol–water partition coefficient (Wildman–Crippen LogP) is 2.97. The van der Waals surface area contributed by atoms with Crippen LogP contribution < -0.4 is 0 Å². The second-order valence-electron chi connectivity index (χ2n) is 4.52. The third kappa shape index (κ3) is 1.85. The number of rotatable bonds is 2. The van der Waals surface area contributed by atoms with Gasteiger partial charge in [0.05, 0.1) is 0 Å². The Morgan fingerprint density at radius 2 is 2.25 bits per heavy atom. The molecule has 0 saturated carbocycles. The number of aromatic amines is 1. The quantitative estimate of drug-likeness (QED) is 0.812. The summed E-state index contributed by atoms with van der Waals surface area (Å²) in [5.41, 5.74) is 2.69. The maximum absolute atomic E-state index is 3.27. The smallest absolute Gasteiger partial charge is 0.0457 e. The minimum absolute atomic E-state index is 1.08. The summed E-state index contributed by atoms with van der Waals surface area (Å²) in [5.74, 6) is 0. The van der Waals surface area contributed by atoms with E-state index in [-0.39, 0.29) is 0 Å². The van der Waals surface area contributed by atoms with Crippen LogP contribution in [0.5, 0.6) is 0 Å². The van der Waals surface area contributed by atoms with Crippen LogP contribution in [0.1, 0.15) is 18.4 Å². The van der Waals surface area contributed by atoms with Gasteiger partial charge in [0.1, 0.15) is 0 Å². The Hall–Kier alpha value is -1.28. The molecule has 0 amide bonds. The third-order valence-electron chi connectivity index (χ3n) is 3.35. The first-order valence-corrected chi connectivity index (χ1v) is 6.02. The fraction of sp³-hybridized carbons (Fsp3) is 0.357. The van der Waals surface area contributed by atoms with Crippen molar-refractivity contribution in [3.63, 3.8) is 0 Å². The number of likely N-dealkylation sites (tertiary alicyclic amines) is 1. The van der Waals surface area contributed by atoms with Crippen molar-refractivity contribution < 1.29 is 0 Å². The van der Waals surface area contributed by atoms with Crippen molar-refractivity contribution in [3.05, 3.63) is 42.4 Å². The van der Waals surface area contributed by atoms with E-state index in [9.17, 15) is 0 Å².